The molecule has 2 nitrogen and oxygen atoms in total. The number of rotatable bonds is 0. The molecule has 1 aromatic heterocycles. The Morgan fingerprint density at radius 2 is 1.64 bits per heavy atom. The van der Waals surface area contributed by atoms with E-state index in [1.807, 2.05) is 0 Å². The summed E-state index contributed by atoms with van der Waals surface area (Å²) in [4.78, 5) is 8.17. The first-order valence-electron chi connectivity index (χ1n) is 3.29. The monoisotopic (exact) mass is 142 g/mol. The predicted octanol–water partition coefficient (Wildman–Crippen LogP) is -1.42. The van der Waals surface area contributed by atoms with E-state index in [-0.39, 0.29) is 24.3 Å². The molecule has 0 aliphatic carbocycles. The van der Waals surface area contributed by atoms with Crippen LogP contribution < -0.4 is 18.9 Å². The van der Waals surface area contributed by atoms with Crippen molar-refractivity contribution >= 4 is 0 Å². The second kappa shape index (κ2) is 3.90. The fourth-order valence-corrected chi connectivity index (χ4v) is 0.651. The molecule has 11 heavy (non-hydrogen) atoms. The summed E-state index contributed by atoms with van der Waals surface area (Å²) in [6.07, 6.45) is 3.29. The maximum atomic E-state index is 4.08. The summed E-state index contributed by atoms with van der Waals surface area (Å²) >= 11 is 0. The fourth-order valence-electron chi connectivity index (χ4n) is 0.651. The van der Waals surface area contributed by atoms with Gasteiger partial charge < -0.3 is 6.07 Å². The normalized spacial score (nSPS) is 10.5. The summed E-state index contributed by atoms with van der Waals surface area (Å²) in [5.41, 5.74) is 0.0507. The van der Waals surface area contributed by atoms with Crippen molar-refractivity contribution in [3.63, 3.8) is 0 Å². The summed E-state index contributed by atoms with van der Waals surface area (Å²) in [7, 11) is 0. The van der Waals surface area contributed by atoms with Crippen LogP contribution in [0, 0.1) is 6.07 Å². The van der Waals surface area contributed by atoms with Crippen LogP contribution in [-0.2, 0) is 5.41 Å². The Kier molecular flexibility index (Phi) is 3.78. The van der Waals surface area contributed by atoms with E-state index in [1.165, 1.54) is 0 Å². The van der Waals surface area contributed by atoms with Crippen molar-refractivity contribution in [1.29, 1.82) is 0 Å². The average molecular weight is 142 g/mol. The minimum absolute atomic E-state index is 0. The first-order valence-corrected chi connectivity index (χ1v) is 3.29. The van der Waals surface area contributed by atoms with Crippen LogP contribution in [0.25, 0.3) is 0 Å². The third-order valence-corrected chi connectivity index (χ3v) is 1.19. The zero-order valence-electron chi connectivity index (χ0n) is 7.55. The van der Waals surface area contributed by atoms with Gasteiger partial charge in [-0.15, -0.1) is 12.4 Å². The van der Waals surface area contributed by atoms with E-state index in [4.69, 9.17) is 0 Å². The zero-order chi connectivity index (χ0) is 7.61. The van der Waals surface area contributed by atoms with Crippen LogP contribution in [0.3, 0.4) is 0 Å². The Morgan fingerprint density at radius 3 is 1.91 bits per heavy atom. The van der Waals surface area contributed by atoms with Crippen LogP contribution in [0.4, 0.5) is 0 Å². The standard InChI is InChI=1S/C8H11N2.Li/c1-8(2,3)7-9-5-4-6-10-7;/h5-6H,1-3H3;/q-1;+1. The molecule has 0 saturated heterocycles. The molecule has 0 radical (unpaired) electrons. The van der Waals surface area contributed by atoms with E-state index in [1.54, 1.807) is 12.4 Å². The minimum Gasteiger partial charge on any atom is -0.434 e. The summed E-state index contributed by atoms with van der Waals surface area (Å²) in [5, 5.41) is 0. The van der Waals surface area contributed by atoms with E-state index in [2.05, 4.69) is 36.8 Å². The van der Waals surface area contributed by atoms with Gasteiger partial charge in [0.2, 0.25) is 0 Å². The first-order chi connectivity index (χ1) is 4.61. The van der Waals surface area contributed by atoms with Crippen LogP contribution >= 0.6 is 0 Å². The van der Waals surface area contributed by atoms with E-state index >= 15 is 0 Å². The van der Waals surface area contributed by atoms with Gasteiger partial charge in [0.1, 0.15) is 5.82 Å². The molecule has 0 aliphatic rings. The maximum absolute atomic E-state index is 4.08. The Morgan fingerprint density at radius 1 is 1.18 bits per heavy atom. The minimum atomic E-state index is 0. The van der Waals surface area contributed by atoms with Crippen LogP contribution in [0.5, 0.6) is 0 Å². The first kappa shape index (κ1) is 10.7. The molecule has 1 rings (SSSR count). The molecule has 0 saturated carbocycles. The number of aromatic nitrogens is 2. The van der Waals surface area contributed by atoms with Gasteiger partial charge in [-0.1, -0.05) is 20.8 Å². The molecule has 0 bridgehead atoms. The van der Waals surface area contributed by atoms with E-state index < -0.39 is 0 Å². The topological polar surface area (TPSA) is 25.8 Å². The molecule has 3 heteroatoms. The van der Waals surface area contributed by atoms with Crippen molar-refractivity contribution in [1.82, 2.24) is 9.97 Å². The predicted molar refractivity (Wildman–Crippen MR) is 39.6 cm³/mol. The quantitative estimate of drug-likeness (QED) is 0.328. The molecule has 0 N–H and O–H groups in total. The van der Waals surface area contributed by atoms with E-state index in [9.17, 15) is 0 Å². The van der Waals surface area contributed by atoms with Crippen molar-refractivity contribution in [2.24, 2.45) is 0 Å². The van der Waals surface area contributed by atoms with Crippen molar-refractivity contribution in [2.45, 2.75) is 26.2 Å². The number of nitrogens with zero attached hydrogens (tertiary/aromatic N) is 2. The Hall–Kier alpha value is -0.323. The van der Waals surface area contributed by atoms with Gasteiger partial charge in [-0.25, -0.2) is 0 Å². The van der Waals surface area contributed by atoms with Gasteiger partial charge in [0.15, 0.2) is 0 Å². The summed E-state index contributed by atoms with van der Waals surface area (Å²) in [6.45, 7) is 6.26. The summed E-state index contributed by atoms with van der Waals surface area (Å²) in [5.74, 6) is 0.867. The average Bonchev–Trinajstić information content (AvgIpc) is 1.88. The molecule has 0 amide bonds. The van der Waals surface area contributed by atoms with Crippen LogP contribution in [0.2, 0.25) is 0 Å². The van der Waals surface area contributed by atoms with Gasteiger partial charge in [-0.3, -0.25) is 9.97 Å². The molecule has 0 spiro atoms. The molecule has 0 unspecified atom stereocenters. The van der Waals surface area contributed by atoms with Crippen molar-refractivity contribution in [2.75, 3.05) is 0 Å². The molecule has 0 atom stereocenters. The second-order valence-electron chi connectivity index (χ2n) is 3.26. The Labute approximate surface area is 79.6 Å². The third-order valence-electron chi connectivity index (χ3n) is 1.19. The van der Waals surface area contributed by atoms with Crippen molar-refractivity contribution < 1.29 is 18.9 Å². The third kappa shape index (κ3) is 3.05. The van der Waals surface area contributed by atoms with Gasteiger partial charge in [0.25, 0.3) is 0 Å². The molecule has 1 aromatic rings. The van der Waals surface area contributed by atoms with Crippen molar-refractivity contribution in [3.8, 4) is 0 Å². The maximum Gasteiger partial charge on any atom is 1.00 e. The Balaban J connectivity index is 0.000001000. The molecule has 0 aromatic carbocycles. The SMILES string of the molecule is CC(C)(C)c1nc[c-]cn1.[Li+]. The molecular weight excluding hydrogens is 131 g/mol. The molecule has 0 fully saturated rings. The number of hydrogen-bond acceptors (Lipinski definition) is 2. The summed E-state index contributed by atoms with van der Waals surface area (Å²) < 4.78 is 0. The molecule has 0 aliphatic heterocycles. The molecular formula is C8H11LiN2. The number of hydrogen-bond donors (Lipinski definition) is 0. The smallest absolute Gasteiger partial charge is 0.434 e. The van der Waals surface area contributed by atoms with Crippen molar-refractivity contribution in [3.05, 3.63) is 24.3 Å². The fraction of sp³-hybridized carbons (Fsp3) is 0.500. The van der Waals surface area contributed by atoms with Crippen LogP contribution in [0.15, 0.2) is 12.4 Å². The van der Waals surface area contributed by atoms with Gasteiger partial charge in [0.05, 0.1) is 0 Å². The Bertz CT molecular complexity index is 203. The molecule has 54 valence electrons. The second-order valence-corrected chi connectivity index (χ2v) is 3.26. The van der Waals surface area contributed by atoms with E-state index in [0.717, 1.165) is 5.82 Å². The van der Waals surface area contributed by atoms with Gasteiger partial charge >= 0.3 is 18.9 Å². The van der Waals surface area contributed by atoms with Gasteiger partial charge in [0, 0.05) is 5.41 Å². The largest absolute Gasteiger partial charge is 1.00 e. The molecule has 1 heterocycles. The van der Waals surface area contributed by atoms with E-state index in [0.29, 0.717) is 0 Å². The van der Waals surface area contributed by atoms with Gasteiger partial charge in [-0.05, 0) is 0 Å². The van der Waals surface area contributed by atoms with Gasteiger partial charge in [-0.2, -0.15) is 0 Å². The van der Waals surface area contributed by atoms with Crippen LogP contribution in [0.1, 0.15) is 26.6 Å². The van der Waals surface area contributed by atoms with Crippen LogP contribution in [-0.4, -0.2) is 9.97 Å². The summed E-state index contributed by atoms with van der Waals surface area (Å²) in [6, 6.07) is 2.78. The zero-order valence-corrected chi connectivity index (χ0v) is 7.55.